The number of nitrogens with zero attached hydrogens (tertiary/aromatic N) is 2. The Morgan fingerprint density at radius 3 is 2.72 bits per heavy atom. The van der Waals surface area contributed by atoms with Gasteiger partial charge in [-0.3, -0.25) is 0 Å². The van der Waals surface area contributed by atoms with Crippen LogP contribution in [0.3, 0.4) is 0 Å². The van der Waals surface area contributed by atoms with Crippen molar-refractivity contribution < 1.29 is 4.74 Å². The molecule has 0 atom stereocenters. The van der Waals surface area contributed by atoms with E-state index in [1.165, 1.54) is 17.7 Å². The van der Waals surface area contributed by atoms with Gasteiger partial charge in [0.2, 0.25) is 0 Å². The quantitative estimate of drug-likeness (QED) is 0.749. The average molecular weight is 271 g/mol. The summed E-state index contributed by atoms with van der Waals surface area (Å²) in [7, 11) is 3.68. The van der Waals surface area contributed by atoms with Gasteiger partial charge in [-0.25, -0.2) is 4.98 Å². The van der Waals surface area contributed by atoms with E-state index in [0.29, 0.717) is 6.61 Å². The Kier molecular flexibility index (Phi) is 7.23. The number of nitrogens with one attached hydrogen (secondary N) is 1. The molecule has 0 bridgehead atoms. The van der Waals surface area contributed by atoms with Crippen molar-refractivity contribution >= 4 is 16.5 Å². The summed E-state index contributed by atoms with van der Waals surface area (Å²) in [5, 5.41) is 4.32. The first kappa shape index (κ1) is 15.4. The second-order valence-electron chi connectivity index (χ2n) is 4.26. The van der Waals surface area contributed by atoms with Crippen molar-refractivity contribution in [2.24, 2.45) is 0 Å². The summed E-state index contributed by atoms with van der Waals surface area (Å²) in [6.07, 6.45) is 2.44. The van der Waals surface area contributed by atoms with Crippen molar-refractivity contribution in [3.63, 3.8) is 0 Å². The van der Waals surface area contributed by atoms with Crippen molar-refractivity contribution in [2.45, 2.75) is 39.8 Å². The molecule has 0 unspecified atom stereocenters. The van der Waals surface area contributed by atoms with Crippen molar-refractivity contribution in [3.05, 3.63) is 10.6 Å². The van der Waals surface area contributed by atoms with E-state index in [2.05, 4.69) is 24.1 Å². The number of unbranched alkanes of at least 4 members (excludes halogenated alkanes) is 1. The van der Waals surface area contributed by atoms with Crippen LogP contribution in [-0.2, 0) is 17.9 Å². The SMILES string of the molecule is CCCCN(CC)c1nc(COC)c(CNC)s1. The predicted octanol–water partition coefficient (Wildman–Crippen LogP) is 2.64. The number of aromatic nitrogens is 1. The predicted molar refractivity (Wildman–Crippen MR) is 78.4 cm³/mol. The van der Waals surface area contributed by atoms with Crippen LogP contribution in [0.4, 0.5) is 5.13 Å². The van der Waals surface area contributed by atoms with E-state index in [-0.39, 0.29) is 0 Å². The van der Waals surface area contributed by atoms with E-state index in [1.54, 1.807) is 18.4 Å². The second kappa shape index (κ2) is 8.45. The smallest absolute Gasteiger partial charge is 0.185 e. The van der Waals surface area contributed by atoms with Gasteiger partial charge in [0.05, 0.1) is 12.3 Å². The highest BCUT2D eigenvalue weighted by molar-refractivity contribution is 7.15. The van der Waals surface area contributed by atoms with Gasteiger partial charge in [-0.2, -0.15) is 0 Å². The zero-order valence-corrected chi connectivity index (χ0v) is 12.8. The minimum absolute atomic E-state index is 0.596. The van der Waals surface area contributed by atoms with Crippen molar-refractivity contribution in [1.29, 1.82) is 0 Å². The maximum Gasteiger partial charge on any atom is 0.185 e. The summed E-state index contributed by atoms with van der Waals surface area (Å²) in [6.45, 7) is 7.97. The van der Waals surface area contributed by atoms with Gasteiger partial charge in [0.25, 0.3) is 0 Å². The largest absolute Gasteiger partial charge is 0.378 e. The van der Waals surface area contributed by atoms with Gasteiger partial charge in [-0.1, -0.05) is 13.3 Å². The second-order valence-corrected chi connectivity index (χ2v) is 5.32. The van der Waals surface area contributed by atoms with Crippen LogP contribution in [0.15, 0.2) is 0 Å². The molecule has 1 aromatic heterocycles. The molecule has 0 aliphatic rings. The molecule has 1 rings (SSSR count). The molecule has 5 heteroatoms. The van der Waals surface area contributed by atoms with E-state index in [1.807, 2.05) is 7.05 Å². The van der Waals surface area contributed by atoms with E-state index in [9.17, 15) is 0 Å². The van der Waals surface area contributed by atoms with Gasteiger partial charge in [0, 0.05) is 31.6 Å². The molecule has 0 aliphatic heterocycles. The topological polar surface area (TPSA) is 37.4 Å². The van der Waals surface area contributed by atoms with Crippen molar-refractivity contribution in [2.75, 3.05) is 32.1 Å². The third-order valence-electron chi connectivity index (χ3n) is 2.82. The van der Waals surface area contributed by atoms with Crippen molar-refractivity contribution in [1.82, 2.24) is 10.3 Å². The Balaban J connectivity index is 2.82. The number of ether oxygens (including phenoxy) is 1. The summed E-state index contributed by atoms with van der Waals surface area (Å²) in [5.74, 6) is 0. The molecule has 0 radical (unpaired) electrons. The molecule has 1 N–H and O–H groups in total. The average Bonchev–Trinajstić information content (AvgIpc) is 2.75. The first-order valence-electron chi connectivity index (χ1n) is 6.63. The lowest BCUT2D eigenvalue weighted by Crippen LogP contribution is -2.23. The molecule has 0 saturated heterocycles. The maximum absolute atomic E-state index is 5.22. The minimum atomic E-state index is 0.596. The summed E-state index contributed by atoms with van der Waals surface area (Å²) in [5.41, 5.74) is 1.07. The number of hydrogen-bond acceptors (Lipinski definition) is 5. The molecule has 0 spiro atoms. The molecular formula is C13H25N3OS. The Morgan fingerprint density at radius 1 is 1.39 bits per heavy atom. The highest BCUT2D eigenvalue weighted by Crippen LogP contribution is 2.27. The highest BCUT2D eigenvalue weighted by atomic mass is 32.1. The number of methoxy groups -OCH3 is 1. The van der Waals surface area contributed by atoms with Crippen LogP contribution in [0.2, 0.25) is 0 Å². The summed E-state index contributed by atoms with van der Waals surface area (Å²) < 4.78 is 5.22. The third-order valence-corrected chi connectivity index (χ3v) is 3.98. The van der Waals surface area contributed by atoms with E-state index >= 15 is 0 Å². The Bertz CT molecular complexity index is 317. The molecule has 0 fully saturated rings. The molecule has 0 amide bonds. The van der Waals surface area contributed by atoms with E-state index < -0.39 is 0 Å². The van der Waals surface area contributed by atoms with Crippen LogP contribution in [0.1, 0.15) is 37.3 Å². The lowest BCUT2D eigenvalue weighted by Gasteiger charge is -2.19. The monoisotopic (exact) mass is 271 g/mol. The van der Waals surface area contributed by atoms with Gasteiger partial charge in [-0.15, -0.1) is 11.3 Å². The molecule has 0 aromatic carbocycles. The van der Waals surface area contributed by atoms with Gasteiger partial charge in [0.15, 0.2) is 5.13 Å². The van der Waals surface area contributed by atoms with Gasteiger partial charge < -0.3 is 15.0 Å². The van der Waals surface area contributed by atoms with Crippen LogP contribution in [0.25, 0.3) is 0 Å². The zero-order chi connectivity index (χ0) is 13.4. The first-order chi connectivity index (χ1) is 8.76. The van der Waals surface area contributed by atoms with Crippen LogP contribution in [0.5, 0.6) is 0 Å². The lowest BCUT2D eigenvalue weighted by atomic mass is 10.3. The fraction of sp³-hybridized carbons (Fsp3) is 0.769. The molecule has 4 nitrogen and oxygen atoms in total. The Labute approximate surface area is 114 Å². The fourth-order valence-electron chi connectivity index (χ4n) is 1.79. The fourth-order valence-corrected chi connectivity index (χ4v) is 2.96. The van der Waals surface area contributed by atoms with Crippen molar-refractivity contribution in [3.8, 4) is 0 Å². The number of rotatable bonds is 9. The Hall–Kier alpha value is -0.650. The lowest BCUT2D eigenvalue weighted by molar-refractivity contribution is 0.181. The number of anilines is 1. The first-order valence-corrected chi connectivity index (χ1v) is 7.45. The van der Waals surface area contributed by atoms with Crippen LogP contribution < -0.4 is 10.2 Å². The molecule has 1 heterocycles. The summed E-state index contributed by atoms with van der Waals surface area (Å²) >= 11 is 1.78. The Morgan fingerprint density at radius 2 is 2.17 bits per heavy atom. The highest BCUT2D eigenvalue weighted by Gasteiger charge is 2.14. The molecule has 1 aromatic rings. The van der Waals surface area contributed by atoms with Crippen LogP contribution in [0, 0.1) is 0 Å². The molecule has 0 aliphatic carbocycles. The van der Waals surface area contributed by atoms with E-state index in [4.69, 9.17) is 9.72 Å². The summed E-state index contributed by atoms with van der Waals surface area (Å²) in [6, 6.07) is 0. The molecular weight excluding hydrogens is 246 g/mol. The standard InChI is InChI=1S/C13H25N3OS/c1-5-7-8-16(6-2)13-15-11(10-17-4)12(18-13)9-14-3/h14H,5-10H2,1-4H3. The van der Waals surface area contributed by atoms with Crippen LogP contribution >= 0.6 is 11.3 Å². The zero-order valence-electron chi connectivity index (χ0n) is 12.0. The van der Waals surface area contributed by atoms with Gasteiger partial charge in [0.1, 0.15) is 0 Å². The third kappa shape index (κ3) is 4.23. The van der Waals surface area contributed by atoms with Gasteiger partial charge in [-0.05, 0) is 20.4 Å². The normalized spacial score (nSPS) is 10.9. The molecule has 0 saturated carbocycles. The minimum Gasteiger partial charge on any atom is -0.378 e. The molecule has 104 valence electrons. The number of hydrogen-bond donors (Lipinski definition) is 1. The summed E-state index contributed by atoms with van der Waals surface area (Å²) in [4.78, 5) is 8.36. The maximum atomic E-state index is 5.22. The van der Waals surface area contributed by atoms with Crippen LogP contribution in [-0.4, -0.2) is 32.2 Å². The van der Waals surface area contributed by atoms with E-state index in [0.717, 1.165) is 30.5 Å². The molecule has 18 heavy (non-hydrogen) atoms. The van der Waals surface area contributed by atoms with Gasteiger partial charge >= 0.3 is 0 Å². The number of thiazole rings is 1.